The fraction of sp³-hybridized carbons (Fsp3) is 0.350. The third-order valence-corrected chi connectivity index (χ3v) is 4.64. The van der Waals surface area contributed by atoms with Gasteiger partial charge < -0.3 is 14.6 Å². The largest absolute Gasteiger partial charge is 0.497 e. The molecule has 1 aromatic carbocycles. The molecule has 3 aromatic rings. The van der Waals surface area contributed by atoms with E-state index >= 15 is 0 Å². The van der Waals surface area contributed by atoms with Crippen LogP contribution >= 0.6 is 0 Å². The predicted octanol–water partition coefficient (Wildman–Crippen LogP) is 3.76. The summed E-state index contributed by atoms with van der Waals surface area (Å²) >= 11 is 0. The first-order valence-electron chi connectivity index (χ1n) is 9.01. The summed E-state index contributed by atoms with van der Waals surface area (Å²) in [5.41, 5.74) is 3.46. The van der Waals surface area contributed by atoms with Gasteiger partial charge in [-0.2, -0.15) is 5.10 Å². The molecule has 7 nitrogen and oxygen atoms in total. The highest BCUT2D eigenvalue weighted by Crippen LogP contribution is 2.24. The molecular formula is C20H24N4O3. The van der Waals surface area contributed by atoms with Crippen LogP contribution < -0.4 is 10.1 Å². The van der Waals surface area contributed by atoms with Gasteiger partial charge in [-0.25, -0.2) is 0 Å². The number of rotatable bonds is 7. The molecule has 0 aliphatic rings. The molecule has 0 saturated carbocycles. The molecule has 27 heavy (non-hydrogen) atoms. The van der Waals surface area contributed by atoms with Gasteiger partial charge in [0.25, 0.3) is 5.91 Å². The molecule has 0 saturated heterocycles. The van der Waals surface area contributed by atoms with Crippen LogP contribution in [-0.2, 0) is 6.54 Å². The van der Waals surface area contributed by atoms with E-state index in [0.717, 1.165) is 35.5 Å². The van der Waals surface area contributed by atoms with Gasteiger partial charge in [0.05, 0.1) is 19.3 Å². The molecule has 0 spiro atoms. The molecule has 142 valence electrons. The third kappa shape index (κ3) is 3.86. The number of methoxy groups -OCH3 is 1. The zero-order valence-corrected chi connectivity index (χ0v) is 16.0. The molecule has 3 rings (SSSR count). The van der Waals surface area contributed by atoms with Crippen molar-refractivity contribution >= 4 is 5.91 Å². The van der Waals surface area contributed by atoms with Crippen molar-refractivity contribution in [1.29, 1.82) is 0 Å². The summed E-state index contributed by atoms with van der Waals surface area (Å²) in [5.74, 6) is 0.667. The van der Waals surface area contributed by atoms with Gasteiger partial charge in [-0.05, 0) is 38.0 Å². The molecule has 0 bridgehead atoms. The molecule has 1 N–H and O–H groups in total. The van der Waals surface area contributed by atoms with E-state index in [9.17, 15) is 4.79 Å². The van der Waals surface area contributed by atoms with Crippen LogP contribution in [0.4, 0.5) is 0 Å². The number of hydrogen-bond donors (Lipinski definition) is 1. The van der Waals surface area contributed by atoms with Crippen molar-refractivity contribution in [2.75, 3.05) is 7.11 Å². The second-order valence-corrected chi connectivity index (χ2v) is 6.24. The summed E-state index contributed by atoms with van der Waals surface area (Å²) in [6.07, 6.45) is 2.49. The first kappa shape index (κ1) is 18.7. The summed E-state index contributed by atoms with van der Waals surface area (Å²) in [7, 11) is 1.63. The van der Waals surface area contributed by atoms with Crippen LogP contribution in [0, 0.1) is 6.92 Å². The quantitative estimate of drug-likeness (QED) is 0.687. The molecule has 2 heterocycles. The number of carbonyl (C=O) groups excluding carboxylic acids is 1. The molecule has 1 amide bonds. The summed E-state index contributed by atoms with van der Waals surface area (Å²) < 4.78 is 12.3. The number of nitrogens with zero attached hydrogens (tertiary/aromatic N) is 3. The van der Waals surface area contributed by atoms with E-state index in [-0.39, 0.29) is 17.7 Å². The maximum Gasteiger partial charge on any atom is 0.290 e. The number of nitrogens with one attached hydrogen (secondary N) is 1. The van der Waals surface area contributed by atoms with Crippen molar-refractivity contribution in [2.45, 2.75) is 39.8 Å². The Labute approximate surface area is 158 Å². The van der Waals surface area contributed by atoms with Crippen LogP contribution in [0.25, 0.3) is 11.3 Å². The zero-order chi connectivity index (χ0) is 19.4. The Bertz CT molecular complexity index is 912. The van der Waals surface area contributed by atoms with Crippen molar-refractivity contribution in [2.24, 2.45) is 0 Å². The summed E-state index contributed by atoms with van der Waals surface area (Å²) in [4.78, 5) is 12.6. The Kier molecular flexibility index (Phi) is 5.59. The fourth-order valence-corrected chi connectivity index (χ4v) is 3.01. The topological polar surface area (TPSA) is 82.2 Å². The van der Waals surface area contributed by atoms with Gasteiger partial charge in [-0.1, -0.05) is 24.2 Å². The lowest BCUT2D eigenvalue weighted by atomic mass is 10.0. The summed E-state index contributed by atoms with van der Waals surface area (Å²) in [5, 5.41) is 11.3. The van der Waals surface area contributed by atoms with Gasteiger partial charge in [0.15, 0.2) is 0 Å². The highest BCUT2D eigenvalue weighted by molar-refractivity contribution is 5.92. The van der Waals surface area contributed by atoms with Crippen LogP contribution in [0.15, 0.2) is 41.1 Å². The van der Waals surface area contributed by atoms with E-state index < -0.39 is 0 Å². The summed E-state index contributed by atoms with van der Waals surface area (Å²) in [6.45, 7) is 6.78. The summed E-state index contributed by atoms with van der Waals surface area (Å²) in [6, 6.07) is 9.18. The lowest BCUT2D eigenvalue weighted by Gasteiger charge is -2.16. The zero-order valence-electron chi connectivity index (χ0n) is 16.0. The molecule has 0 radical (unpaired) electrons. The lowest BCUT2D eigenvalue weighted by Crippen LogP contribution is -2.27. The Morgan fingerprint density at radius 2 is 2.04 bits per heavy atom. The number of amides is 1. The Morgan fingerprint density at radius 1 is 1.30 bits per heavy atom. The molecule has 1 atom stereocenters. The minimum atomic E-state index is -0.294. The average Bonchev–Trinajstić information content (AvgIpc) is 3.32. The van der Waals surface area contributed by atoms with Gasteiger partial charge in [0, 0.05) is 23.9 Å². The van der Waals surface area contributed by atoms with E-state index in [0.29, 0.717) is 5.69 Å². The van der Waals surface area contributed by atoms with Crippen LogP contribution in [0.2, 0.25) is 0 Å². The first-order valence-corrected chi connectivity index (χ1v) is 9.01. The minimum Gasteiger partial charge on any atom is -0.497 e. The van der Waals surface area contributed by atoms with E-state index in [1.54, 1.807) is 19.4 Å². The lowest BCUT2D eigenvalue weighted by molar-refractivity contribution is 0.0898. The molecule has 0 aliphatic heterocycles. The number of aryl methyl sites for hydroxylation is 1. The molecule has 2 aromatic heterocycles. The number of hydrogen-bond acceptors (Lipinski definition) is 5. The second-order valence-electron chi connectivity index (χ2n) is 6.24. The van der Waals surface area contributed by atoms with Gasteiger partial charge in [-0.3, -0.25) is 9.48 Å². The van der Waals surface area contributed by atoms with Crippen molar-refractivity contribution in [3.8, 4) is 17.0 Å². The maximum atomic E-state index is 12.6. The standard InChI is InChI=1S/C20H24N4O3/c1-5-17(14-7-9-15(26-4)10-8-14)22-20(25)19-11-18(23-27-19)16-12-21-24(6-2)13(16)3/h7-12,17H,5-6H2,1-4H3,(H,22,25). The smallest absolute Gasteiger partial charge is 0.290 e. The minimum absolute atomic E-state index is 0.124. The Morgan fingerprint density at radius 3 is 2.63 bits per heavy atom. The van der Waals surface area contributed by atoms with Crippen molar-refractivity contribution < 1.29 is 14.1 Å². The monoisotopic (exact) mass is 368 g/mol. The molecule has 0 aliphatic carbocycles. The van der Waals surface area contributed by atoms with Crippen LogP contribution in [0.1, 0.15) is 48.1 Å². The first-order chi connectivity index (χ1) is 13.1. The highest BCUT2D eigenvalue weighted by atomic mass is 16.5. The van der Waals surface area contributed by atoms with Gasteiger partial charge in [0.1, 0.15) is 11.4 Å². The Balaban J connectivity index is 1.75. The van der Waals surface area contributed by atoms with Crippen LogP contribution in [0.5, 0.6) is 5.75 Å². The van der Waals surface area contributed by atoms with E-state index in [1.165, 1.54) is 0 Å². The van der Waals surface area contributed by atoms with E-state index in [4.69, 9.17) is 9.26 Å². The number of benzene rings is 1. The van der Waals surface area contributed by atoms with Gasteiger partial charge >= 0.3 is 0 Å². The predicted molar refractivity (Wildman–Crippen MR) is 102 cm³/mol. The number of carbonyl (C=O) groups is 1. The number of ether oxygens (including phenoxy) is 1. The van der Waals surface area contributed by atoms with Crippen molar-refractivity contribution in [3.63, 3.8) is 0 Å². The van der Waals surface area contributed by atoms with Crippen LogP contribution in [0.3, 0.4) is 0 Å². The molecular weight excluding hydrogens is 344 g/mol. The fourth-order valence-electron chi connectivity index (χ4n) is 3.01. The van der Waals surface area contributed by atoms with Gasteiger partial charge in [0.2, 0.25) is 5.76 Å². The normalized spacial score (nSPS) is 12.0. The molecule has 0 fully saturated rings. The second kappa shape index (κ2) is 8.07. The van der Waals surface area contributed by atoms with Gasteiger partial charge in [-0.15, -0.1) is 0 Å². The average molecular weight is 368 g/mol. The Hall–Kier alpha value is -3.09. The maximum absolute atomic E-state index is 12.6. The molecule has 7 heteroatoms. The van der Waals surface area contributed by atoms with Crippen LogP contribution in [-0.4, -0.2) is 28.0 Å². The third-order valence-electron chi connectivity index (χ3n) is 4.64. The van der Waals surface area contributed by atoms with Crippen molar-refractivity contribution in [3.05, 3.63) is 53.5 Å². The number of aromatic nitrogens is 3. The SMILES string of the molecule is CCC(NC(=O)c1cc(-c2cnn(CC)c2C)no1)c1ccc(OC)cc1. The van der Waals surface area contributed by atoms with E-state index in [1.807, 2.05) is 49.7 Å². The van der Waals surface area contributed by atoms with Crippen molar-refractivity contribution in [1.82, 2.24) is 20.3 Å². The highest BCUT2D eigenvalue weighted by Gasteiger charge is 2.20. The van der Waals surface area contributed by atoms with E-state index in [2.05, 4.69) is 15.6 Å². The molecule has 1 unspecified atom stereocenters.